The zero-order valence-corrected chi connectivity index (χ0v) is 13.7. The molecule has 0 saturated carbocycles. The fourth-order valence-corrected chi connectivity index (χ4v) is 2.40. The van der Waals surface area contributed by atoms with Crippen LogP contribution in [-0.4, -0.2) is 30.1 Å². The van der Waals surface area contributed by atoms with Crippen molar-refractivity contribution in [2.75, 3.05) is 14.2 Å². The summed E-state index contributed by atoms with van der Waals surface area (Å²) in [6, 6.07) is 7.84. The van der Waals surface area contributed by atoms with Gasteiger partial charge >= 0.3 is 0 Å². The van der Waals surface area contributed by atoms with E-state index in [9.17, 15) is 4.79 Å². The highest BCUT2D eigenvalue weighted by Gasteiger charge is 2.23. The van der Waals surface area contributed by atoms with Gasteiger partial charge in [-0.15, -0.1) is 0 Å². The Kier molecular flexibility index (Phi) is 4.98. The number of methoxy groups -OCH3 is 1. The van der Waals surface area contributed by atoms with Gasteiger partial charge in [0.25, 0.3) is 5.91 Å². The standard InChI is InChI=1S/C17H22N2O3/c1-11-6-7-12(2)15(8-11)13(3)19(4)17(20)16-9-14(10-21-5)22-18-16/h6-9,13H,10H2,1-5H3. The maximum atomic E-state index is 12.5. The summed E-state index contributed by atoms with van der Waals surface area (Å²) in [5.74, 6) is 0.373. The topological polar surface area (TPSA) is 55.6 Å². The van der Waals surface area contributed by atoms with Gasteiger partial charge in [0.05, 0.1) is 6.04 Å². The Morgan fingerprint density at radius 1 is 1.36 bits per heavy atom. The van der Waals surface area contributed by atoms with Crippen molar-refractivity contribution in [1.82, 2.24) is 10.1 Å². The van der Waals surface area contributed by atoms with Crippen LogP contribution >= 0.6 is 0 Å². The van der Waals surface area contributed by atoms with Gasteiger partial charge in [0.15, 0.2) is 11.5 Å². The van der Waals surface area contributed by atoms with Crippen LogP contribution in [0.1, 0.15) is 45.9 Å². The van der Waals surface area contributed by atoms with Gasteiger partial charge in [0.2, 0.25) is 0 Å². The highest BCUT2D eigenvalue weighted by atomic mass is 16.5. The summed E-state index contributed by atoms with van der Waals surface area (Å²) in [5, 5.41) is 3.83. The summed E-state index contributed by atoms with van der Waals surface area (Å²) in [4.78, 5) is 14.2. The second kappa shape index (κ2) is 6.75. The Morgan fingerprint density at radius 3 is 2.77 bits per heavy atom. The first-order valence-corrected chi connectivity index (χ1v) is 7.23. The number of hydrogen-bond donors (Lipinski definition) is 0. The lowest BCUT2D eigenvalue weighted by Gasteiger charge is -2.26. The van der Waals surface area contributed by atoms with Gasteiger partial charge in [-0.05, 0) is 31.9 Å². The van der Waals surface area contributed by atoms with Gasteiger partial charge in [0, 0.05) is 20.2 Å². The summed E-state index contributed by atoms with van der Waals surface area (Å²) < 4.78 is 10.1. The van der Waals surface area contributed by atoms with Crippen molar-refractivity contribution in [3.63, 3.8) is 0 Å². The van der Waals surface area contributed by atoms with E-state index in [4.69, 9.17) is 9.26 Å². The van der Waals surface area contributed by atoms with Crippen molar-refractivity contribution >= 4 is 5.91 Å². The number of benzene rings is 1. The number of aromatic nitrogens is 1. The van der Waals surface area contributed by atoms with Crippen LogP contribution < -0.4 is 0 Å². The average Bonchev–Trinajstić information content (AvgIpc) is 2.96. The largest absolute Gasteiger partial charge is 0.377 e. The quantitative estimate of drug-likeness (QED) is 0.850. The van der Waals surface area contributed by atoms with Gasteiger partial charge in [-0.25, -0.2) is 0 Å². The molecule has 118 valence electrons. The third kappa shape index (κ3) is 3.36. The van der Waals surface area contributed by atoms with Crippen LogP contribution in [0.5, 0.6) is 0 Å². The molecule has 1 unspecified atom stereocenters. The SMILES string of the molecule is COCc1cc(C(=O)N(C)C(C)c2cc(C)ccc2C)no1. The van der Waals surface area contributed by atoms with E-state index in [0.29, 0.717) is 18.1 Å². The molecule has 1 aromatic carbocycles. The lowest BCUT2D eigenvalue weighted by Crippen LogP contribution is -2.30. The van der Waals surface area contributed by atoms with Crippen LogP contribution in [0.3, 0.4) is 0 Å². The minimum absolute atomic E-state index is 0.0463. The summed E-state index contributed by atoms with van der Waals surface area (Å²) in [5.41, 5.74) is 3.78. The molecule has 0 radical (unpaired) electrons. The summed E-state index contributed by atoms with van der Waals surface area (Å²) >= 11 is 0. The number of nitrogens with zero attached hydrogens (tertiary/aromatic N) is 2. The highest BCUT2D eigenvalue weighted by molar-refractivity contribution is 5.92. The van der Waals surface area contributed by atoms with Crippen molar-refractivity contribution in [1.29, 1.82) is 0 Å². The molecule has 22 heavy (non-hydrogen) atoms. The Hall–Kier alpha value is -2.14. The smallest absolute Gasteiger partial charge is 0.276 e. The zero-order valence-electron chi connectivity index (χ0n) is 13.7. The third-order valence-electron chi connectivity index (χ3n) is 3.85. The molecular formula is C17H22N2O3. The monoisotopic (exact) mass is 302 g/mol. The number of ether oxygens (including phenoxy) is 1. The Bertz CT molecular complexity index is 664. The zero-order chi connectivity index (χ0) is 16.3. The fraction of sp³-hybridized carbons (Fsp3) is 0.412. The van der Waals surface area contributed by atoms with E-state index in [1.54, 1.807) is 25.1 Å². The summed E-state index contributed by atoms with van der Waals surface area (Å²) in [6.45, 7) is 6.41. The van der Waals surface area contributed by atoms with E-state index in [0.717, 1.165) is 11.1 Å². The van der Waals surface area contributed by atoms with Crippen LogP contribution in [-0.2, 0) is 11.3 Å². The fourth-order valence-electron chi connectivity index (χ4n) is 2.40. The first-order chi connectivity index (χ1) is 10.4. The molecule has 0 aliphatic rings. The summed E-state index contributed by atoms with van der Waals surface area (Å²) in [6.07, 6.45) is 0. The number of rotatable bonds is 5. The van der Waals surface area contributed by atoms with E-state index in [1.165, 1.54) is 5.56 Å². The van der Waals surface area contributed by atoms with Crippen LogP contribution in [0.25, 0.3) is 0 Å². The molecule has 2 rings (SSSR count). The molecule has 5 nitrogen and oxygen atoms in total. The van der Waals surface area contributed by atoms with Crippen LogP contribution in [0.2, 0.25) is 0 Å². The maximum absolute atomic E-state index is 12.5. The van der Waals surface area contributed by atoms with E-state index in [1.807, 2.05) is 13.8 Å². The minimum atomic E-state index is -0.167. The Morgan fingerprint density at radius 2 is 2.09 bits per heavy atom. The summed E-state index contributed by atoms with van der Waals surface area (Å²) in [7, 11) is 3.35. The number of hydrogen-bond acceptors (Lipinski definition) is 4. The first-order valence-electron chi connectivity index (χ1n) is 7.23. The maximum Gasteiger partial charge on any atom is 0.276 e. The average molecular weight is 302 g/mol. The van der Waals surface area contributed by atoms with E-state index in [2.05, 4.69) is 30.3 Å². The molecule has 2 aromatic rings. The molecule has 1 aromatic heterocycles. The van der Waals surface area contributed by atoms with Crippen LogP contribution in [0.15, 0.2) is 28.8 Å². The van der Waals surface area contributed by atoms with Crippen molar-refractivity contribution in [3.05, 3.63) is 52.4 Å². The van der Waals surface area contributed by atoms with Crippen molar-refractivity contribution in [2.45, 2.75) is 33.4 Å². The van der Waals surface area contributed by atoms with Crippen molar-refractivity contribution in [3.8, 4) is 0 Å². The molecule has 1 amide bonds. The molecular weight excluding hydrogens is 280 g/mol. The lowest BCUT2D eigenvalue weighted by molar-refractivity contribution is 0.0731. The molecule has 5 heteroatoms. The number of carbonyl (C=O) groups is 1. The third-order valence-corrected chi connectivity index (χ3v) is 3.85. The number of carbonyl (C=O) groups excluding carboxylic acids is 1. The predicted octanol–water partition coefficient (Wildman–Crippen LogP) is 3.27. The van der Waals surface area contributed by atoms with Crippen LogP contribution in [0.4, 0.5) is 0 Å². The molecule has 1 heterocycles. The Balaban J connectivity index is 2.20. The van der Waals surface area contributed by atoms with Crippen LogP contribution in [0, 0.1) is 13.8 Å². The predicted molar refractivity (Wildman–Crippen MR) is 83.6 cm³/mol. The molecule has 0 spiro atoms. The van der Waals surface area contributed by atoms with E-state index < -0.39 is 0 Å². The normalized spacial score (nSPS) is 12.2. The molecule has 0 fully saturated rings. The molecule has 0 aliphatic heterocycles. The lowest BCUT2D eigenvalue weighted by atomic mass is 9.99. The highest BCUT2D eigenvalue weighted by Crippen LogP contribution is 2.24. The minimum Gasteiger partial charge on any atom is -0.377 e. The second-order valence-electron chi connectivity index (χ2n) is 5.56. The number of amides is 1. The molecule has 0 saturated heterocycles. The van der Waals surface area contributed by atoms with Gasteiger partial charge in [-0.1, -0.05) is 28.9 Å². The van der Waals surface area contributed by atoms with E-state index in [-0.39, 0.29) is 11.9 Å². The molecule has 0 aliphatic carbocycles. The van der Waals surface area contributed by atoms with Gasteiger partial charge in [-0.2, -0.15) is 0 Å². The first kappa shape index (κ1) is 16.2. The van der Waals surface area contributed by atoms with Gasteiger partial charge in [-0.3, -0.25) is 4.79 Å². The Labute approximate surface area is 130 Å². The van der Waals surface area contributed by atoms with Crippen molar-refractivity contribution in [2.24, 2.45) is 0 Å². The second-order valence-corrected chi connectivity index (χ2v) is 5.56. The van der Waals surface area contributed by atoms with E-state index >= 15 is 0 Å². The number of aryl methyl sites for hydroxylation is 2. The molecule has 1 atom stereocenters. The van der Waals surface area contributed by atoms with Gasteiger partial charge < -0.3 is 14.2 Å². The molecule has 0 N–H and O–H groups in total. The molecule has 0 bridgehead atoms. The van der Waals surface area contributed by atoms with Gasteiger partial charge in [0.1, 0.15) is 6.61 Å². The van der Waals surface area contributed by atoms with Crippen molar-refractivity contribution < 1.29 is 14.1 Å².